The van der Waals surface area contributed by atoms with Gasteiger partial charge >= 0.3 is 0 Å². The molecule has 1 aliphatic carbocycles. The molecule has 0 spiro atoms. The molecule has 9 heteroatoms. The normalized spacial score (nSPS) is 20.7. The minimum absolute atomic E-state index is 0.0114. The monoisotopic (exact) mass is 405 g/mol. The second kappa shape index (κ2) is 8.88. The van der Waals surface area contributed by atoms with E-state index in [0.717, 1.165) is 4.90 Å². The van der Waals surface area contributed by atoms with Gasteiger partial charge in [-0.3, -0.25) is 34.9 Å². The summed E-state index contributed by atoms with van der Waals surface area (Å²) in [6, 6.07) is 6.69. The molecule has 0 radical (unpaired) electrons. The Labute approximate surface area is 166 Å². The third-order valence-electron chi connectivity index (χ3n) is 4.70. The fourth-order valence-corrected chi connectivity index (χ4v) is 3.44. The van der Waals surface area contributed by atoms with Gasteiger partial charge in [0.05, 0.1) is 16.9 Å². The van der Waals surface area contributed by atoms with Gasteiger partial charge in [0.1, 0.15) is 5.75 Å². The van der Waals surface area contributed by atoms with E-state index < -0.39 is 11.8 Å². The van der Waals surface area contributed by atoms with E-state index >= 15 is 0 Å². The number of carbonyl (C=O) groups is 4. The first-order valence-electron chi connectivity index (χ1n) is 8.92. The van der Waals surface area contributed by atoms with Crippen molar-refractivity contribution in [2.75, 3.05) is 13.2 Å². The van der Waals surface area contributed by atoms with E-state index in [2.05, 4.69) is 10.9 Å². The highest BCUT2D eigenvalue weighted by Gasteiger charge is 2.46. The number of amides is 4. The molecule has 28 heavy (non-hydrogen) atoms. The van der Waals surface area contributed by atoms with E-state index in [-0.39, 0.29) is 43.2 Å². The Bertz CT molecular complexity index is 800. The molecule has 2 N–H and O–H groups in total. The predicted molar refractivity (Wildman–Crippen MR) is 99.9 cm³/mol. The summed E-state index contributed by atoms with van der Waals surface area (Å²) < 4.78 is 5.26. The van der Waals surface area contributed by atoms with Gasteiger partial charge < -0.3 is 4.74 Å². The summed E-state index contributed by atoms with van der Waals surface area (Å²) in [5.41, 5.74) is 4.45. The maximum absolute atomic E-state index is 12.3. The molecule has 148 valence electrons. The predicted octanol–water partition coefficient (Wildman–Crippen LogP) is 1.21. The van der Waals surface area contributed by atoms with Gasteiger partial charge in [0.15, 0.2) is 6.61 Å². The molecule has 2 unspecified atom stereocenters. The summed E-state index contributed by atoms with van der Waals surface area (Å²) in [5, 5.41) is 0.370. The van der Waals surface area contributed by atoms with Crippen LogP contribution in [0.15, 0.2) is 36.4 Å². The van der Waals surface area contributed by atoms with Crippen LogP contribution in [0.5, 0.6) is 5.75 Å². The zero-order chi connectivity index (χ0) is 20.1. The number of fused-ring (bicyclic) bond motifs is 1. The molecule has 1 fully saturated rings. The van der Waals surface area contributed by atoms with E-state index in [0.29, 0.717) is 23.6 Å². The van der Waals surface area contributed by atoms with Gasteiger partial charge in [-0.05, 0) is 25.0 Å². The highest BCUT2D eigenvalue weighted by atomic mass is 35.5. The Kier molecular flexibility index (Phi) is 6.30. The summed E-state index contributed by atoms with van der Waals surface area (Å²) in [6.07, 6.45) is 4.82. The lowest BCUT2D eigenvalue weighted by Gasteiger charge is -2.14. The van der Waals surface area contributed by atoms with Crippen molar-refractivity contribution >= 4 is 35.2 Å². The lowest BCUT2D eigenvalue weighted by molar-refractivity contribution is -0.140. The highest BCUT2D eigenvalue weighted by molar-refractivity contribution is 6.32. The molecule has 0 aromatic heterocycles. The number of nitrogens with one attached hydrogen (secondary N) is 2. The number of hydrazine groups is 1. The van der Waals surface area contributed by atoms with Gasteiger partial charge in [-0.1, -0.05) is 35.9 Å². The van der Waals surface area contributed by atoms with Crippen molar-refractivity contribution in [3.8, 4) is 5.75 Å². The van der Waals surface area contributed by atoms with Crippen LogP contribution < -0.4 is 15.6 Å². The average Bonchev–Trinajstić information content (AvgIpc) is 2.94. The Morgan fingerprint density at radius 2 is 1.64 bits per heavy atom. The first kappa shape index (κ1) is 19.9. The third-order valence-corrected chi connectivity index (χ3v) is 5.01. The molecule has 8 nitrogen and oxygen atoms in total. The molecule has 2 aliphatic rings. The second-order valence-corrected chi connectivity index (χ2v) is 6.96. The minimum Gasteiger partial charge on any atom is -0.482 e. The Morgan fingerprint density at radius 1 is 1.04 bits per heavy atom. The zero-order valence-electron chi connectivity index (χ0n) is 15.0. The maximum atomic E-state index is 12.3. The molecule has 4 amide bonds. The van der Waals surface area contributed by atoms with Crippen molar-refractivity contribution in [2.24, 2.45) is 11.8 Å². The largest absolute Gasteiger partial charge is 0.482 e. The smallest absolute Gasteiger partial charge is 0.276 e. The third kappa shape index (κ3) is 4.51. The number of benzene rings is 1. The number of ether oxygens (including phenoxy) is 1. The van der Waals surface area contributed by atoms with Crippen LogP contribution in [0.25, 0.3) is 0 Å². The molecule has 1 aromatic rings. The molecule has 1 saturated heterocycles. The molecule has 1 heterocycles. The SMILES string of the molecule is O=C(CCN1C(=O)C2CC=CCC2C1=O)NNC(=O)COc1ccccc1Cl. The van der Waals surface area contributed by atoms with E-state index in [1.165, 1.54) is 0 Å². The standard InChI is InChI=1S/C19H20ClN3O5/c20-14-7-3-4-8-15(14)28-11-17(25)22-21-16(24)9-10-23-18(26)12-5-1-2-6-13(12)19(23)27/h1-4,7-8,12-13H,5-6,9-11H2,(H,21,24)(H,22,25). The van der Waals surface area contributed by atoms with Gasteiger partial charge in [0.25, 0.3) is 5.91 Å². The molecule has 1 aromatic carbocycles. The van der Waals surface area contributed by atoms with Gasteiger partial charge in [0, 0.05) is 13.0 Å². The maximum Gasteiger partial charge on any atom is 0.276 e. The van der Waals surface area contributed by atoms with Gasteiger partial charge in [-0.2, -0.15) is 0 Å². The Balaban J connectivity index is 1.39. The number of likely N-dealkylation sites (tertiary alicyclic amines) is 1. The Hall–Kier alpha value is -2.87. The van der Waals surface area contributed by atoms with Gasteiger partial charge in [0.2, 0.25) is 17.7 Å². The van der Waals surface area contributed by atoms with Crippen molar-refractivity contribution < 1.29 is 23.9 Å². The fourth-order valence-electron chi connectivity index (χ4n) is 3.25. The molecule has 0 saturated carbocycles. The van der Waals surface area contributed by atoms with E-state index in [9.17, 15) is 19.2 Å². The van der Waals surface area contributed by atoms with Gasteiger partial charge in [-0.15, -0.1) is 0 Å². The number of para-hydroxylation sites is 1. The average molecular weight is 406 g/mol. The number of nitrogens with zero attached hydrogens (tertiary/aromatic N) is 1. The van der Waals surface area contributed by atoms with Crippen molar-refractivity contribution in [3.63, 3.8) is 0 Å². The minimum atomic E-state index is -0.571. The number of hydrogen-bond donors (Lipinski definition) is 2. The van der Waals surface area contributed by atoms with Crippen LogP contribution in [0.2, 0.25) is 5.02 Å². The molecule has 1 aliphatic heterocycles. The van der Waals surface area contributed by atoms with Gasteiger partial charge in [-0.25, -0.2) is 0 Å². The summed E-state index contributed by atoms with van der Waals surface area (Å²) in [6.45, 7) is -0.341. The van der Waals surface area contributed by atoms with Crippen LogP contribution in [-0.2, 0) is 19.2 Å². The first-order chi connectivity index (χ1) is 13.5. The first-order valence-corrected chi connectivity index (χ1v) is 9.30. The van der Waals surface area contributed by atoms with E-state index in [1.54, 1.807) is 24.3 Å². The van der Waals surface area contributed by atoms with Crippen LogP contribution in [-0.4, -0.2) is 41.7 Å². The number of hydrogen-bond acceptors (Lipinski definition) is 5. The second-order valence-electron chi connectivity index (χ2n) is 6.55. The lowest BCUT2D eigenvalue weighted by Crippen LogP contribution is -2.45. The van der Waals surface area contributed by atoms with Crippen LogP contribution in [0.3, 0.4) is 0 Å². The molecule has 3 rings (SSSR count). The quantitative estimate of drug-likeness (QED) is 0.420. The summed E-state index contributed by atoms with van der Waals surface area (Å²) >= 11 is 5.92. The Morgan fingerprint density at radius 3 is 2.29 bits per heavy atom. The summed E-state index contributed by atoms with van der Waals surface area (Å²) in [5.74, 6) is -1.83. The fraction of sp³-hybridized carbons (Fsp3) is 0.368. The number of allylic oxidation sites excluding steroid dienone is 2. The number of halogens is 1. The van der Waals surface area contributed by atoms with Crippen LogP contribution >= 0.6 is 11.6 Å². The molecular formula is C19H20ClN3O5. The highest BCUT2D eigenvalue weighted by Crippen LogP contribution is 2.34. The zero-order valence-corrected chi connectivity index (χ0v) is 15.8. The van der Waals surface area contributed by atoms with Crippen molar-refractivity contribution in [2.45, 2.75) is 19.3 Å². The van der Waals surface area contributed by atoms with E-state index in [1.807, 2.05) is 12.2 Å². The molecular weight excluding hydrogens is 386 g/mol. The number of imide groups is 1. The molecule has 0 bridgehead atoms. The van der Waals surface area contributed by atoms with Crippen molar-refractivity contribution in [1.29, 1.82) is 0 Å². The topological polar surface area (TPSA) is 105 Å². The summed E-state index contributed by atoms with van der Waals surface area (Å²) in [4.78, 5) is 49.4. The van der Waals surface area contributed by atoms with E-state index in [4.69, 9.17) is 16.3 Å². The van der Waals surface area contributed by atoms with Crippen LogP contribution in [0.4, 0.5) is 0 Å². The number of rotatable bonds is 6. The summed E-state index contributed by atoms with van der Waals surface area (Å²) in [7, 11) is 0. The molecule has 2 atom stereocenters. The van der Waals surface area contributed by atoms with Crippen LogP contribution in [0.1, 0.15) is 19.3 Å². The van der Waals surface area contributed by atoms with Crippen LogP contribution in [0, 0.1) is 11.8 Å². The lowest BCUT2D eigenvalue weighted by atomic mass is 9.85. The van der Waals surface area contributed by atoms with Crippen molar-refractivity contribution in [1.82, 2.24) is 15.8 Å². The number of carbonyl (C=O) groups excluding carboxylic acids is 4. The van der Waals surface area contributed by atoms with Crippen molar-refractivity contribution in [3.05, 3.63) is 41.4 Å².